The highest BCUT2D eigenvalue weighted by molar-refractivity contribution is 6.03. The first-order valence-corrected chi connectivity index (χ1v) is 7.57. The fraction of sp³-hybridized carbons (Fsp3) is 0.263. The van der Waals surface area contributed by atoms with Gasteiger partial charge in [-0.05, 0) is 50.1 Å². The minimum Gasteiger partial charge on any atom is -0.493 e. The van der Waals surface area contributed by atoms with Crippen molar-refractivity contribution in [2.45, 2.75) is 27.2 Å². The Balaban J connectivity index is 1.91. The molecule has 120 valence electrons. The van der Waals surface area contributed by atoms with Gasteiger partial charge < -0.3 is 10.1 Å². The van der Waals surface area contributed by atoms with Gasteiger partial charge in [0.2, 0.25) is 5.91 Å². The number of ether oxygens (including phenoxy) is 1. The molecule has 0 aliphatic rings. The molecule has 1 amide bonds. The molecule has 1 N–H and O–H groups in total. The summed E-state index contributed by atoms with van der Waals surface area (Å²) in [4.78, 5) is 23.6. The maximum atomic E-state index is 12.0. The minimum absolute atomic E-state index is 0.0764. The number of carbonyl (C=O) groups is 2. The summed E-state index contributed by atoms with van der Waals surface area (Å²) in [6, 6.07) is 13.0. The zero-order valence-corrected chi connectivity index (χ0v) is 13.7. The Kier molecular flexibility index (Phi) is 5.52. The van der Waals surface area contributed by atoms with Crippen molar-refractivity contribution in [3.63, 3.8) is 0 Å². The van der Waals surface area contributed by atoms with Crippen molar-refractivity contribution >= 4 is 17.4 Å². The van der Waals surface area contributed by atoms with Crippen LogP contribution in [0, 0.1) is 13.8 Å². The Hall–Kier alpha value is -2.62. The number of para-hydroxylation sites is 1. The Morgan fingerprint density at radius 3 is 2.57 bits per heavy atom. The van der Waals surface area contributed by atoms with Gasteiger partial charge in [-0.2, -0.15) is 0 Å². The van der Waals surface area contributed by atoms with Gasteiger partial charge in [-0.25, -0.2) is 0 Å². The van der Waals surface area contributed by atoms with Gasteiger partial charge in [-0.15, -0.1) is 0 Å². The number of carbonyl (C=O) groups excluding carboxylic acids is 2. The molecule has 0 saturated carbocycles. The van der Waals surface area contributed by atoms with Crippen molar-refractivity contribution < 1.29 is 14.3 Å². The molecule has 0 unspecified atom stereocenters. The van der Waals surface area contributed by atoms with E-state index in [4.69, 9.17) is 4.74 Å². The molecule has 23 heavy (non-hydrogen) atoms. The topological polar surface area (TPSA) is 55.4 Å². The third-order valence-corrected chi connectivity index (χ3v) is 3.51. The summed E-state index contributed by atoms with van der Waals surface area (Å²) in [7, 11) is 0. The highest BCUT2D eigenvalue weighted by Crippen LogP contribution is 2.19. The van der Waals surface area contributed by atoms with E-state index in [0.29, 0.717) is 17.9 Å². The number of hydrogen-bond acceptors (Lipinski definition) is 3. The normalized spacial score (nSPS) is 10.2. The molecular formula is C19H21NO3. The van der Waals surface area contributed by atoms with E-state index >= 15 is 0 Å². The quantitative estimate of drug-likeness (QED) is 0.823. The number of anilines is 1. The first-order chi connectivity index (χ1) is 11.0. The van der Waals surface area contributed by atoms with Gasteiger partial charge in [0.1, 0.15) is 5.75 Å². The van der Waals surface area contributed by atoms with Crippen LogP contribution in [0.3, 0.4) is 0 Å². The first kappa shape index (κ1) is 16.7. The van der Waals surface area contributed by atoms with Gasteiger partial charge in [0, 0.05) is 5.56 Å². The van der Waals surface area contributed by atoms with Crippen LogP contribution in [0.2, 0.25) is 0 Å². The summed E-state index contributed by atoms with van der Waals surface area (Å²) < 4.78 is 5.68. The van der Waals surface area contributed by atoms with Crippen LogP contribution in [-0.4, -0.2) is 18.3 Å². The van der Waals surface area contributed by atoms with Crippen molar-refractivity contribution in [3.8, 4) is 5.75 Å². The lowest BCUT2D eigenvalue weighted by molar-refractivity contribution is -0.116. The average molecular weight is 311 g/mol. The minimum atomic E-state index is -0.177. The second-order valence-corrected chi connectivity index (χ2v) is 5.52. The summed E-state index contributed by atoms with van der Waals surface area (Å²) in [5.41, 5.74) is 3.21. The van der Waals surface area contributed by atoms with Gasteiger partial charge in [0.05, 0.1) is 18.7 Å². The van der Waals surface area contributed by atoms with Crippen molar-refractivity contribution in [1.29, 1.82) is 0 Å². The van der Waals surface area contributed by atoms with E-state index in [0.717, 1.165) is 16.9 Å². The van der Waals surface area contributed by atoms with E-state index in [-0.39, 0.29) is 18.1 Å². The van der Waals surface area contributed by atoms with E-state index < -0.39 is 0 Å². The van der Waals surface area contributed by atoms with Gasteiger partial charge in [0.15, 0.2) is 5.78 Å². The van der Waals surface area contributed by atoms with Crippen molar-refractivity contribution in [3.05, 3.63) is 59.2 Å². The van der Waals surface area contributed by atoms with Crippen LogP contribution in [-0.2, 0) is 4.79 Å². The molecule has 0 atom stereocenters. The molecule has 0 saturated heterocycles. The Morgan fingerprint density at radius 2 is 1.83 bits per heavy atom. The number of ketones is 1. The van der Waals surface area contributed by atoms with Crippen LogP contribution >= 0.6 is 0 Å². The summed E-state index contributed by atoms with van der Waals surface area (Å²) in [6.07, 6.45) is 0.222. The molecule has 4 heteroatoms. The second kappa shape index (κ2) is 7.58. The summed E-state index contributed by atoms with van der Waals surface area (Å²) in [5, 5.41) is 2.76. The van der Waals surface area contributed by atoms with Gasteiger partial charge in [-0.1, -0.05) is 24.3 Å². The van der Waals surface area contributed by atoms with Crippen LogP contribution in [0.4, 0.5) is 5.69 Å². The molecule has 0 aliphatic carbocycles. The van der Waals surface area contributed by atoms with Crippen molar-refractivity contribution in [2.75, 3.05) is 11.9 Å². The molecule has 0 bridgehead atoms. The first-order valence-electron chi connectivity index (χ1n) is 7.57. The lowest BCUT2D eigenvalue weighted by Gasteiger charge is -2.11. The molecule has 0 fully saturated rings. The second-order valence-electron chi connectivity index (χ2n) is 5.52. The molecule has 0 heterocycles. The lowest BCUT2D eigenvalue weighted by Crippen LogP contribution is -2.17. The maximum absolute atomic E-state index is 12.0. The third-order valence-electron chi connectivity index (χ3n) is 3.51. The third kappa shape index (κ3) is 4.68. The zero-order valence-electron chi connectivity index (χ0n) is 13.7. The SMILES string of the molecule is CC(=O)c1ccccc1NC(=O)CCOc1cc(C)ccc1C. The number of amides is 1. The van der Waals surface area contributed by atoms with E-state index in [9.17, 15) is 9.59 Å². The van der Waals surface area contributed by atoms with Crippen LogP contribution < -0.4 is 10.1 Å². The van der Waals surface area contributed by atoms with Gasteiger partial charge in [0.25, 0.3) is 0 Å². The largest absolute Gasteiger partial charge is 0.493 e. The van der Waals surface area contributed by atoms with E-state index in [1.807, 2.05) is 32.0 Å². The standard InChI is InChI=1S/C19H21NO3/c1-13-8-9-14(2)18(12-13)23-11-10-19(22)20-17-7-5-4-6-16(17)15(3)21/h4-9,12H,10-11H2,1-3H3,(H,20,22). The van der Waals surface area contributed by atoms with Crippen molar-refractivity contribution in [2.24, 2.45) is 0 Å². The Bertz CT molecular complexity index is 722. The monoisotopic (exact) mass is 311 g/mol. The van der Waals surface area contributed by atoms with E-state index in [1.54, 1.807) is 24.3 Å². The lowest BCUT2D eigenvalue weighted by atomic mass is 10.1. The zero-order chi connectivity index (χ0) is 16.8. The van der Waals surface area contributed by atoms with Crippen LogP contribution in [0.25, 0.3) is 0 Å². The highest BCUT2D eigenvalue weighted by Gasteiger charge is 2.10. The van der Waals surface area contributed by atoms with Crippen LogP contribution in [0.15, 0.2) is 42.5 Å². The molecule has 0 aromatic heterocycles. The number of benzene rings is 2. The number of rotatable bonds is 6. The fourth-order valence-electron chi connectivity index (χ4n) is 2.23. The highest BCUT2D eigenvalue weighted by atomic mass is 16.5. The van der Waals surface area contributed by atoms with Crippen molar-refractivity contribution in [1.82, 2.24) is 0 Å². The van der Waals surface area contributed by atoms with Crippen LogP contribution in [0.1, 0.15) is 34.8 Å². The summed E-state index contributed by atoms with van der Waals surface area (Å²) in [5.74, 6) is 0.540. The predicted octanol–water partition coefficient (Wildman–Crippen LogP) is 3.91. The average Bonchev–Trinajstić information content (AvgIpc) is 2.51. The fourth-order valence-corrected chi connectivity index (χ4v) is 2.23. The van der Waals surface area contributed by atoms with Gasteiger partial charge >= 0.3 is 0 Å². The summed E-state index contributed by atoms with van der Waals surface area (Å²) in [6.45, 7) is 5.74. The van der Waals surface area contributed by atoms with Gasteiger partial charge in [-0.3, -0.25) is 9.59 Å². The number of hydrogen-bond donors (Lipinski definition) is 1. The molecule has 2 aromatic rings. The molecule has 0 radical (unpaired) electrons. The maximum Gasteiger partial charge on any atom is 0.227 e. The molecule has 2 rings (SSSR count). The molecule has 0 spiro atoms. The summed E-state index contributed by atoms with van der Waals surface area (Å²) >= 11 is 0. The van der Waals surface area contributed by atoms with E-state index in [2.05, 4.69) is 5.32 Å². The Morgan fingerprint density at radius 1 is 1.09 bits per heavy atom. The number of aryl methyl sites for hydroxylation is 2. The van der Waals surface area contributed by atoms with E-state index in [1.165, 1.54) is 6.92 Å². The molecular weight excluding hydrogens is 290 g/mol. The number of nitrogens with one attached hydrogen (secondary N) is 1. The smallest absolute Gasteiger partial charge is 0.227 e. The Labute approximate surface area is 136 Å². The molecule has 4 nitrogen and oxygen atoms in total. The molecule has 0 aliphatic heterocycles. The predicted molar refractivity (Wildman–Crippen MR) is 91.1 cm³/mol. The number of Topliss-reactive ketones (excluding diaryl/α,β-unsaturated/α-hetero) is 1. The van der Waals surface area contributed by atoms with Crippen LogP contribution in [0.5, 0.6) is 5.75 Å². The molecule has 2 aromatic carbocycles.